The summed E-state index contributed by atoms with van der Waals surface area (Å²) >= 11 is 12.2. The van der Waals surface area contributed by atoms with E-state index < -0.39 is 0 Å². The van der Waals surface area contributed by atoms with Crippen molar-refractivity contribution in [2.24, 2.45) is 17.8 Å². The quantitative estimate of drug-likeness (QED) is 0.710. The Balaban J connectivity index is 1.95. The van der Waals surface area contributed by atoms with Crippen LogP contribution < -0.4 is 0 Å². The Kier molecular flexibility index (Phi) is 5.51. The molecular weight excluding hydrogens is 291 g/mol. The predicted octanol–water partition coefficient (Wildman–Crippen LogP) is 5.57. The van der Waals surface area contributed by atoms with E-state index in [-0.39, 0.29) is 5.92 Å². The molecule has 0 saturated heterocycles. The van der Waals surface area contributed by atoms with Crippen molar-refractivity contribution in [1.82, 2.24) is 0 Å². The topological polar surface area (TPSA) is 17.1 Å². The molecule has 0 radical (unpaired) electrons. The van der Waals surface area contributed by atoms with Crippen molar-refractivity contribution in [3.05, 3.63) is 33.8 Å². The Morgan fingerprint density at radius 2 is 1.85 bits per heavy atom. The van der Waals surface area contributed by atoms with Crippen molar-refractivity contribution >= 4 is 29.0 Å². The van der Waals surface area contributed by atoms with Gasteiger partial charge in [-0.2, -0.15) is 0 Å². The van der Waals surface area contributed by atoms with E-state index in [2.05, 4.69) is 13.8 Å². The van der Waals surface area contributed by atoms with Gasteiger partial charge in [0.25, 0.3) is 0 Å². The molecule has 1 fully saturated rings. The number of halogens is 2. The summed E-state index contributed by atoms with van der Waals surface area (Å²) in [6.07, 6.45) is 4.82. The first-order chi connectivity index (χ1) is 9.49. The molecule has 0 spiro atoms. The molecule has 0 bridgehead atoms. The highest BCUT2D eigenvalue weighted by Gasteiger charge is 2.27. The maximum atomic E-state index is 12.4. The SMILES string of the molecule is CC(C)C1CCC(C(=O)Cc2cccc(Cl)c2Cl)CC1. The Morgan fingerprint density at radius 3 is 2.45 bits per heavy atom. The first kappa shape index (κ1) is 15.9. The molecule has 1 aromatic rings. The van der Waals surface area contributed by atoms with Gasteiger partial charge in [0.2, 0.25) is 0 Å². The molecule has 1 nitrogen and oxygen atoms in total. The summed E-state index contributed by atoms with van der Waals surface area (Å²) in [6, 6.07) is 5.50. The largest absolute Gasteiger partial charge is 0.299 e. The molecule has 20 heavy (non-hydrogen) atoms. The van der Waals surface area contributed by atoms with Gasteiger partial charge in [0, 0.05) is 12.3 Å². The minimum absolute atomic E-state index is 0.208. The van der Waals surface area contributed by atoms with E-state index >= 15 is 0 Å². The first-order valence-electron chi connectivity index (χ1n) is 7.44. The number of hydrogen-bond donors (Lipinski definition) is 0. The van der Waals surface area contributed by atoms with Crippen LogP contribution in [0.15, 0.2) is 18.2 Å². The third kappa shape index (κ3) is 3.77. The van der Waals surface area contributed by atoms with E-state index in [4.69, 9.17) is 23.2 Å². The van der Waals surface area contributed by atoms with Crippen LogP contribution >= 0.6 is 23.2 Å². The average molecular weight is 313 g/mol. The first-order valence-corrected chi connectivity index (χ1v) is 8.20. The van der Waals surface area contributed by atoms with Gasteiger partial charge in [-0.3, -0.25) is 4.79 Å². The van der Waals surface area contributed by atoms with E-state index in [1.165, 1.54) is 12.8 Å². The third-order valence-electron chi connectivity index (χ3n) is 4.57. The summed E-state index contributed by atoms with van der Waals surface area (Å²) in [5.74, 6) is 2.04. The van der Waals surface area contributed by atoms with Crippen molar-refractivity contribution in [1.29, 1.82) is 0 Å². The molecule has 3 heteroatoms. The molecule has 0 unspecified atom stereocenters. The highest BCUT2D eigenvalue weighted by molar-refractivity contribution is 6.42. The smallest absolute Gasteiger partial charge is 0.140 e. The van der Waals surface area contributed by atoms with Gasteiger partial charge >= 0.3 is 0 Å². The number of carbonyl (C=O) groups excluding carboxylic acids is 1. The molecular formula is C17H22Cl2O. The molecule has 2 rings (SSSR count). The second-order valence-electron chi connectivity index (χ2n) is 6.21. The van der Waals surface area contributed by atoms with Crippen LogP contribution in [0, 0.1) is 17.8 Å². The third-order valence-corrected chi connectivity index (χ3v) is 5.42. The summed E-state index contributed by atoms with van der Waals surface area (Å²) in [5.41, 5.74) is 0.857. The summed E-state index contributed by atoms with van der Waals surface area (Å²) in [6.45, 7) is 4.55. The lowest BCUT2D eigenvalue weighted by Crippen LogP contribution is -2.25. The van der Waals surface area contributed by atoms with Crippen molar-refractivity contribution in [3.8, 4) is 0 Å². The Hall–Kier alpha value is -0.530. The maximum Gasteiger partial charge on any atom is 0.140 e. The number of benzene rings is 1. The van der Waals surface area contributed by atoms with Gasteiger partial charge in [0.05, 0.1) is 10.0 Å². The molecule has 1 aliphatic rings. The van der Waals surface area contributed by atoms with E-state index in [1.807, 2.05) is 12.1 Å². The highest BCUT2D eigenvalue weighted by atomic mass is 35.5. The highest BCUT2D eigenvalue weighted by Crippen LogP contribution is 2.35. The van der Waals surface area contributed by atoms with Crippen LogP contribution in [0.3, 0.4) is 0 Å². The molecule has 1 aromatic carbocycles. The molecule has 0 aliphatic heterocycles. The monoisotopic (exact) mass is 312 g/mol. The van der Waals surface area contributed by atoms with Gasteiger partial charge in [-0.15, -0.1) is 0 Å². The second kappa shape index (κ2) is 6.95. The summed E-state index contributed by atoms with van der Waals surface area (Å²) in [4.78, 5) is 12.4. The average Bonchev–Trinajstić information content (AvgIpc) is 2.44. The molecule has 110 valence electrons. The Morgan fingerprint density at radius 1 is 1.20 bits per heavy atom. The van der Waals surface area contributed by atoms with Gasteiger partial charge in [-0.05, 0) is 49.1 Å². The van der Waals surface area contributed by atoms with Crippen LogP contribution in [-0.4, -0.2) is 5.78 Å². The lowest BCUT2D eigenvalue weighted by atomic mass is 9.75. The number of hydrogen-bond acceptors (Lipinski definition) is 1. The molecule has 1 saturated carbocycles. The minimum atomic E-state index is 0.208. The maximum absolute atomic E-state index is 12.4. The molecule has 0 aromatic heterocycles. The molecule has 0 amide bonds. The standard InChI is InChI=1S/C17H22Cl2O/c1-11(2)12-6-8-13(9-7-12)16(20)10-14-4-3-5-15(18)17(14)19/h3-5,11-13H,6-10H2,1-2H3. The molecule has 0 N–H and O–H groups in total. The fourth-order valence-electron chi connectivity index (χ4n) is 3.12. The number of carbonyl (C=O) groups is 1. The van der Waals surface area contributed by atoms with Gasteiger partial charge < -0.3 is 0 Å². The zero-order valence-corrected chi connectivity index (χ0v) is 13.7. The number of rotatable bonds is 4. The van der Waals surface area contributed by atoms with Gasteiger partial charge in [0.15, 0.2) is 0 Å². The summed E-state index contributed by atoms with van der Waals surface area (Å²) < 4.78 is 0. The number of ketones is 1. The normalized spacial score (nSPS) is 23.1. The van der Waals surface area contributed by atoms with Gasteiger partial charge in [-0.1, -0.05) is 49.2 Å². The Labute approximate surface area is 131 Å². The summed E-state index contributed by atoms with van der Waals surface area (Å²) in [5, 5.41) is 1.05. The minimum Gasteiger partial charge on any atom is -0.299 e. The van der Waals surface area contributed by atoms with E-state index in [0.717, 1.165) is 30.2 Å². The predicted molar refractivity (Wildman–Crippen MR) is 85.5 cm³/mol. The van der Waals surface area contributed by atoms with Crippen LogP contribution in [0.4, 0.5) is 0 Å². The van der Waals surface area contributed by atoms with Gasteiger partial charge in [0.1, 0.15) is 5.78 Å². The molecule has 0 atom stereocenters. The zero-order chi connectivity index (χ0) is 14.7. The summed E-state index contributed by atoms with van der Waals surface area (Å²) in [7, 11) is 0. The van der Waals surface area contributed by atoms with Crippen molar-refractivity contribution in [3.63, 3.8) is 0 Å². The fraction of sp³-hybridized carbons (Fsp3) is 0.588. The van der Waals surface area contributed by atoms with Crippen molar-refractivity contribution in [2.75, 3.05) is 0 Å². The van der Waals surface area contributed by atoms with Crippen molar-refractivity contribution < 1.29 is 4.79 Å². The molecule has 1 aliphatic carbocycles. The van der Waals surface area contributed by atoms with Crippen LogP contribution in [0.2, 0.25) is 10.0 Å². The molecule has 0 heterocycles. The zero-order valence-electron chi connectivity index (χ0n) is 12.2. The van der Waals surface area contributed by atoms with Crippen LogP contribution in [0.1, 0.15) is 45.1 Å². The van der Waals surface area contributed by atoms with E-state index in [0.29, 0.717) is 22.2 Å². The van der Waals surface area contributed by atoms with Gasteiger partial charge in [-0.25, -0.2) is 0 Å². The second-order valence-corrected chi connectivity index (χ2v) is 7.00. The van der Waals surface area contributed by atoms with Crippen molar-refractivity contribution in [2.45, 2.75) is 46.0 Å². The van der Waals surface area contributed by atoms with Crippen LogP contribution in [0.5, 0.6) is 0 Å². The number of Topliss-reactive ketones (excluding diaryl/α,β-unsaturated/α-hetero) is 1. The lowest BCUT2D eigenvalue weighted by Gasteiger charge is -2.30. The fourth-order valence-corrected chi connectivity index (χ4v) is 3.51. The van der Waals surface area contributed by atoms with E-state index in [9.17, 15) is 4.79 Å². The lowest BCUT2D eigenvalue weighted by molar-refractivity contribution is -0.123. The van der Waals surface area contributed by atoms with E-state index in [1.54, 1.807) is 6.07 Å². The van der Waals surface area contributed by atoms with Crippen LogP contribution in [0.25, 0.3) is 0 Å². The van der Waals surface area contributed by atoms with Crippen LogP contribution in [-0.2, 0) is 11.2 Å². The Bertz CT molecular complexity index is 474.